The molecule has 1 heterocycles. The molecule has 1 aliphatic heterocycles. The Labute approximate surface area is 178 Å². The van der Waals surface area contributed by atoms with Crippen molar-refractivity contribution in [2.45, 2.75) is 26.0 Å². The van der Waals surface area contributed by atoms with Crippen molar-refractivity contribution in [1.29, 1.82) is 0 Å². The average Bonchev–Trinajstić information content (AvgIpc) is 2.98. The number of ether oxygens (including phenoxy) is 1. The summed E-state index contributed by atoms with van der Waals surface area (Å²) in [4.78, 5) is 50.5. The fourth-order valence-electron chi connectivity index (χ4n) is 3.16. The number of hydrogen-bond acceptors (Lipinski definition) is 5. The minimum absolute atomic E-state index is 0.0478. The van der Waals surface area contributed by atoms with Gasteiger partial charge in [0.2, 0.25) is 0 Å². The third kappa shape index (κ3) is 4.53. The van der Waals surface area contributed by atoms with Crippen LogP contribution in [0.4, 0.5) is 4.39 Å². The predicted molar refractivity (Wildman–Crippen MR) is 110 cm³/mol. The lowest BCUT2D eigenvalue weighted by Gasteiger charge is -2.18. The van der Waals surface area contributed by atoms with E-state index < -0.39 is 35.8 Å². The summed E-state index contributed by atoms with van der Waals surface area (Å²) in [5, 5.41) is 2.69. The molecule has 3 rings (SSSR count). The summed E-state index contributed by atoms with van der Waals surface area (Å²) in [6, 6.07) is 9.30. The molecule has 160 valence electrons. The Hall–Kier alpha value is -3.81. The third-order valence-electron chi connectivity index (χ3n) is 4.90. The monoisotopic (exact) mass is 424 g/mol. The van der Waals surface area contributed by atoms with Crippen molar-refractivity contribution >= 4 is 23.7 Å². The lowest BCUT2D eigenvalue weighted by Crippen LogP contribution is -2.37. The van der Waals surface area contributed by atoms with Gasteiger partial charge in [-0.05, 0) is 49.7 Å². The molecule has 7 nitrogen and oxygen atoms in total. The van der Waals surface area contributed by atoms with Gasteiger partial charge in [0, 0.05) is 6.54 Å². The van der Waals surface area contributed by atoms with Crippen LogP contribution in [0.25, 0.3) is 0 Å². The Morgan fingerprint density at radius 2 is 1.74 bits per heavy atom. The van der Waals surface area contributed by atoms with Gasteiger partial charge in [-0.1, -0.05) is 18.2 Å². The van der Waals surface area contributed by atoms with Gasteiger partial charge in [0.05, 0.1) is 22.7 Å². The number of amides is 3. The number of benzene rings is 2. The molecule has 2 aromatic carbocycles. The summed E-state index contributed by atoms with van der Waals surface area (Å²) < 4.78 is 18.3. The summed E-state index contributed by atoms with van der Waals surface area (Å²) in [7, 11) is 0. The Balaban J connectivity index is 1.66. The third-order valence-corrected chi connectivity index (χ3v) is 4.90. The van der Waals surface area contributed by atoms with E-state index in [-0.39, 0.29) is 29.1 Å². The van der Waals surface area contributed by atoms with Crippen LogP contribution in [0.5, 0.6) is 0 Å². The smallest absolute Gasteiger partial charge is 0.338 e. The molecule has 0 saturated heterocycles. The molecular weight excluding hydrogens is 403 g/mol. The zero-order valence-corrected chi connectivity index (χ0v) is 17.1. The van der Waals surface area contributed by atoms with Gasteiger partial charge in [0.25, 0.3) is 17.7 Å². The molecule has 8 heteroatoms. The SMILES string of the molecule is C=CCN1C(=O)c2ccc(C(=O)OC(C)C(=O)NC(C)c3ccc(F)cc3)cc2C1=O. The van der Waals surface area contributed by atoms with Crippen molar-refractivity contribution in [1.82, 2.24) is 10.2 Å². The molecule has 3 amide bonds. The second kappa shape index (κ2) is 8.91. The molecule has 2 atom stereocenters. The number of rotatable bonds is 7. The summed E-state index contributed by atoms with van der Waals surface area (Å²) in [6.07, 6.45) is 0.322. The molecule has 0 aliphatic carbocycles. The van der Waals surface area contributed by atoms with Gasteiger partial charge in [0.1, 0.15) is 5.82 Å². The fraction of sp³-hybridized carbons (Fsp3) is 0.217. The highest BCUT2D eigenvalue weighted by Gasteiger charge is 2.35. The lowest BCUT2D eigenvalue weighted by atomic mass is 10.1. The molecule has 31 heavy (non-hydrogen) atoms. The number of carbonyl (C=O) groups is 4. The molecule has 1 aliphatic rings. The van der Waals surface area contributed by atoms with Crippen molar-refractivity contribution in [3.8, 4) is 0 Å². The van der Waals surface area contributed by atoms with Gasteiger partial charge >= 0.3 is 5.97 Å². The van der Waals surface area contributed by atoms with Crippen molar-refractivity contribution in [3.05, 3.63) is 83.2 Å². The normalized spacial score (nSPS) is 14.6. The first-order valence-electron chi connectivity index (χ1n) is 9.61. The maximum atomic E-state index is 13.0. The van der Waals surface area contributed by atoms with E-state index >= 15 is 0 Å². The topological polar surface area (TPSA) is 92.8 Å². The van der Waals surface area contributed by atoms with Crippen LogP contribution in [-0.2, 0) is 9.53 Å². The largest absolute Gasteiger partial charge is 0.449 e. The highest BCUT2D eigenvalue weighted by Crippen LogP contribution is 2.24. The molecule has 2 unspecified atom stereocenters. The van der Waals surface area contributed by atoms with Crippen LogP contribution >= 0.6 is 0 Å². The maximum absolute atomic E-state index is 13.0. The number of halogens is 1. The molecule has 0 saturated carbocycles. The van der Waals surface area contributed by atoms with Crippen LogP contribution in [0.3, 0.4) is 0 Å². The highest BCUT2D eigenvalue weighted by molar-refractivity contribution is 6.22. The van der Waals surface area contributed by atoms with Crippen LogP contribution in [-0.4, -0.2) is 41.2 Å². The van der Waals surface area contributed by atoms with Gasteiger partial charge in [-0.25, -0.2) is 9.18 Å². The standard InChI is InChI=1S/C23H21FN2O5/c1-4-11-26-21(28)18-10-7-16(12-19(18)22(26)29)23(30)31-14(3)20(27)25-13(2)15-5-8-17(24)9-6-15/h4-10,12-14H,1,11H2,2-3H3,(H,25,27). The Bertz CT molecular complexity index is 1060. The summed E-state index contributed by atoms with van der Waals surface area (Å²) >= 11 is 0. The highest BCUT2D eigenvalue weighted by atomic mass is 19.1. The Kier molecular flexibility index (Phi) is 6.29. The fourth-order valence-corrected chi connectivity index (χ4v) is 3.16. The second-order valence-electron chi connectivity index (χ2n) is 7.10. The van der Waals surface area contributed by atoms with Crippen LogP contribution in [0.2, 0.25) is 0 Å². The van der Waals surface area contributed by atoms with Crippen LogP contribution in [0, 0.1) is 5.82 Å². The summed E-state index contributed by atoms with van der Waals surface area (Å²) in [6.45, 7) is 6.72. The van der Waals surface area contributed by atoms with Gasteiger partial charge in [-0.2, -0.15) is 0 Å². The van der Waals surface area contributed by atoms with Crippen LogP contribution in [0.1, 0.15) is 56.5 Å². The van der Waals surface area contributed by atoms with E-state index in [1.54, 1.807) is 19.1 Å². The van der Waals surface area contributed by atoms with Gasteiger partial charge in [0.15, 0.2) is 6.10 Å². The first-order chi connectivity index (χ1) is 14.7. The quantitative estimate of drug-likeness (QED) is 0.419. The second-order valence-corrected chi connectivity index (χ2v) is 7.10. The van der Waals surface area contributed by atoms with E-state index in [1.807, 2.05) is 0 Å². The summed E-state index contributed by atoms with van der Waals surface area (Å²) in [5.74, 6) is -2.69. The van der Waals surface area contributed by atoms with Gasteiger partial charge < -0.3 is 10.1 Å². The minimum Gasteiger partial charge on any atom is -0.449 e. The Morgan fingerprint density at radius 1 is 1.10 bits per heavy atom. The number of hydrogen-bond donors (Lipinski definition) is 1. The van der Waals surface area contributed by atoms with Crippen LogP contribution in [0.15, 0.2) is 55.1 Å². The van der Waals surface area contributed by atoms with E-state index in [0.717, 1.165) is 4.90 Å². The van der Waals surface area contributed by atoms with E-state index in [1.165, 1.54) is 43.3 Å². The maximum Gasteiger partial charge on any atom is 0.338 e. The van der Waals surface area contributed by atoms with Crippen molar-refractivity contribution in [3.63, 3.8) is 0 Å². The Morgan fingerprint density at radius 3 is 2.39 bits per heavy atom. The predicted octanol–water partition coefficient (Wildman–Crippen LogP) is 3.03. The first-order valence-corrected chi connectivity index (χ1v) is 9.61. The first kappa shape index (κ1) is 21.9. The van der Waals surface area contributed by atoms with E-state index in [9.17, 15) is 23.6 Å². The number of nitrogens with one attached hydrogen (secondary N) is 1. The molecule has 0 spiro atoms. The van der Waals surface area contributed by atoms with Gasteiger partial charge in [-0.15, -0.1) is 6.58 Å². The molecule has 0 bridgehead atoms. The number of fused-ring (bicyclic) bond motifs is 1. The van der Waals surface area contributed by atoms with Crippen molar-refractivity contribution in [2.24, 2.45) is 0 Å². The summed E-state index contributed by atoms with van der Waals surface area (Å²) in [5.41, 5.74) is 1.04. The number of imide groups is 1. The molecule has 0 aromatic heterocycles. The number of esters is 1. The van der Waals surface area contributed by atoms with Gasteiger partial charge in [-0.3, -0.25) is 19.3 Å². The van der Waals surface area contributed by atoms with E-state index in [0.29, 0.717) is 5.56 Å². The lowest BCUT2D eigenvalue weighted by molar-refractivity contribution is -0.129. The minimum atomic E-state index is -1.11. The molecule has 0 radical (unpaired) electrons. The zero-order valence-electron chi connectivity index (χ0n) is 17.1. The van der Waals surface area contributed by atoms with Crippen LogP contribution < -0.4 is 5.32 Å². The molecule has 1 N–H and O–H groups in total. The zero-order chi connectivity index (χ0) is 22.7. The molecule has 2 aromatic rings. The van der Waals surface area contributed by atoms with E-state index in [4.69, 9.17) is 4.74 Å². The number of carbonyl (C=O) groups excluding carboxylic acids is 4. The van der Waals surface area contributed by atoms with Crippen molar-refractivity contribution in [2.75, 3.05) is 6.54 Å². The average molecular weight is 424 g/mol. The van der Waals surface area contributed by atoms with Crippen molar-refractivity contribution < 1.29 is 28.3 Å². The molecular formula is C23H21FN2O5. The van der Waals surface area contributed by atoms with E-state index in [2.05, 4.69) is 11.9 Å². The number of nitrogens with zero attached hydrogens (tertiary/aromatic N) is 1. The molecule has 0 fully saturated rings.